The van der Waals surface area contributed by atoms with Crippen LogP contribution in [0.1, 0.15) is 24.4 Å². The van der Waals surface area contributed by atoms with Gasteiger partial charge in [0.15, 0.2) is 5.76 Å². The minimum atomic E-state index is -3.77. The normalized spacial score (nSPS) is 16.1. The Morgan fingerprint density at radius 3 is 2.55 bits per heavy atom. The standard InChI is InChI=1S/C21H24N4O6S2/c1-3-25-16-7-6-15(13-18(16)32-21(25)28)33(29,30)24-10-8-23(9-11-24)20(27)14(2)22-19(26)17-5-4-12-31-17/h4-7,12-14H,3,8-11H2,1-2H3,(H,22,26)/t14-/m1/s1. The molecule has 0 saturated carbocycles. The number of thiazole rings is 1. The van der Waals surface area contributed by atoms with Crippen LogP contribution in [-0.4, -0.2) is 66.2 Å². The number of amides is 2. The van der Waals surface area contributed by atoms with Gasteiger partial charge in [0.1, 0.15) is 6.04 Å². The Morgan fingerprint density at radius 1 is 1.18 bits per heavy atom. The number of carbonyl (C=O) groups is 2. The molecular formula is C21H24N4O6S2. The second kappa shape index (κ2) is 9.12. The molecule has 1 aromatic carbocycles. The van der Waals surface area contributed by atoms with E-state index < -0.39 is 22.0 Å². The summed E-state index contributed by atoms with van der Waals surface area (Å²) in [6, 6.07) is 7.01. The first-order valence-corrected chi connectivity index (χ1v) is 12.7. The van der Waals surface area contributed by atoms with Gasteiger partial charge in [-0.15, -0.1) is 0 Å². The van der Waals surface area contributed by atoms with Gasteiger partial charge in [-0.3, -0.25) is 19.0 Å². The molecule has 0 spiro atoms. The number of furan rings is 1. The predicted octanol–water partition coefficient (Wildman–Crippen LogP) is 1.33. The molecule has 0 aliphatic carbocycles. The summed E-state index contributed by atoms with van der Waals surface area (Å²) in [5, 5.41) is 2.59. The van der Waals surface area contributed by atoms with Crippen LogP contribution in [0, 0.1) is 0 Å². The predicted molar refractivity (Wildman–Crippen MR) is 123 cm³/mol. The van der Waals surface area contributed by atoms with Crippen molar-refractivity contribution in [2.45, 2.75) is 31.3 Å². The van der Waals surface area contributed by atoms with Gasteiger partial charge in [0.05, 0.1) is 21.4 Å². The summed E-state index contributed by atoms with van der Waals surface area (Å²) in [6.45, 7) is 4.65. The van der Waals surface area contributed by atoms with E-state index in [4.69, 9.17) is 4.42 Å². The molecule has 1 N–H and O–H groups in total. The van der Waals surface area contributed by atoms with Crippen molar-refractivity contribution in [1.29, 1.82) is 0 Å². The molecule has 1 fully saturated rings. The van der Waals surface area contributed by atoms with Crippen LogP contribution in [0.2, 0.25) is 0 Å². The lowest BCUT2D eigenvalue weighted by Crippen LogP contribution is -2.55. The molecule has 4 rings (SSSR count). The number of rotatable bonds is 6. The third-order valence-corrected chi connectivity index (χ3v) is 8.44. The van der Waals surface area contributed by atoms with Gasteiger partial charge < -0.3 is 14.6 Å². The lowest BCUT2D eigenvalue weighted by molar-refractivity contribution is -0.134. The van der Waals surface area contributed by atoms with Gasteiger partial charge in [-0.25, -0.2) is 8.42 Å². The average Bonchev–Trinajstić information content (AvgIpc) is 3.45. The summed E-state index contributed by atoms with van der Waals surface area (Å²) in [4.78, 5) is 38.4. The molecule has 12 heteroatoms. The number of nitrogens with zero attached hydrogens (tertiary/aromatic N) is 3. The van der Waals surface area contributed by atoms with E-state index in [2.05, 4.69) is 5.32 Å². The monoisotopic (exact) mass is 492 g/mol. The third kappa shape index (κ3) is 4.45. The first kappa shape index (κ1) is 23.2. The van der Waals surface area contributed by atoms with E-state index in [-0.39, 0.29) is 47.6 Å². The van der Waals surface area contributed by atoms with Crippen molar-refractivity contribution in [3.05, 3.63) is 52.0 Å². The summed E-state index contributed by atoms with van der Waals surface area (Å²) >= 11 is 1.02. The van der Waals surface area contributed by atoms with Crippen molar-refractivity contribution >= 4 is 43.4 Å². The van der Waals surface area contributed by atoms with E-state index in [1.54, 1.807) is 23.6 Å². The van der Waals surface area contributed by atoms with Gasteiger partial charge in [0, 0.05) is 32.7 Å². The van der Waals surface area contributed by atoms with E-state index in [0.29, 0.717) is 16.8 Å². The van der Waals surface area contributed by atoms with E-state index in [9.17, 15) is 22.8 Å². The van der Waals surface area contributed by atoms with Crippen LogP contribution in [0.25, 0.3) is 10.2 Å². The molecule has 3 heterocycles. The first-order chi connectivity index (χ1) is 15.7. The zero-order valence-corrected chi connectivity index (χ0v) is 19.8. The Hall–Kier alpha value is -2.96. The van der Waals surface area contributed by atoms with Gasteiger partial charge in [-0.05, 0) is 44.2 Å². The van der Waals surface area contributed by atoms with Crippen molar-refractivity contribution in [2.24, 2.45) is 0 Å². The molecule has 1 aliphatic heterocycles. The number of piperazine rings is 1. The Balaban J connectivity index is 1.41. The summed E-state index contributed by atoms with van der Waals surface area (Å²) < 4.78 is 34.9. The van der Waals surface area contributed by atoms with E-state index in [0.717, 1.165) is 11.3 Å². The first-order valence-electron chi connectivity index (χ1n) is 10.5. The van der Waals surface area contributed by atoms with Crippen LogP contribution in [0.15, 0.2) is 50.7 Å². The fourth-order valence-electron chi connectivity index (χ4n) is 3.82. The maximum Gasteiger partial charge on any atom is 0.308 e. The summed E-state index contributed by atoms with van der Waals surface area (Å²) in [6.07, 6.45) is 1.37. The number of hydrogen-bond acceptors (Lipinski definition) is 7. The molecule has 1 atom stereocenters. The summed E-state index contributed by atoms with van der Waals surface area (Å²) in [7, 11) is -3.77. The van der Waals surface area contributed by atoms with E-state index in [1.807, 2.05) is 6.92 Å². The number of carbonyl (C=O) groups excluding carboxylic acids is 2. The number of aromatic nitrogens is 1. The van der Waals surface area contributed by atoms with Crippen molar-refractivity contribution in [3.8, 4) is 0 Å². The minimum absolute atomic E-state index is 0.113. The molecule has 2 aromatic heterocycles. The highest BCUT2D eigenvalue weighted by molar-refractivity contribution is 7.89. The van der Waals surface area contributed by atoms with E-state index in [1.165, 1.54) is 33.7 Å². The Bertz CT molecular complexity index is 1330. The molecule has 1 saturated heterocycles. The Labute approximate surface area is 194 Å². The molecule has 0 radical (unpaired) electrons. The van der Waals surface area contributed by atoms with Crippen LogP contribution in [0.4, 0.5) is 0 Å². The summed E-state index contributed by atoms with van der Waals surface area (Å²) in [5.74, 6) is -0.669. The third-order valence-electron chi connectivity index (χ3n) is 5.61. The van der Waals surface area contributed by atoms with Gasteiger partial charge in [-0.2, -0.15) is 4.31 Å². The smallest absolute Gasteiger partial charge is 0.308 e. The van der Waals surface area contributed by atoms with Crippen molar-refractivity contribution < 1.29 is 22.4 Å². The number of benzene rings is 1. The van der Waals surface area contributed by atoms with Crippen molar-refractivity contribution in [3.63, 3.8) is 0 Å². The maximum absolute atomic E-state index is 13.2. The van der Waals surface area contributed by atoms with Gasteiger partial charge in [-0.1, -0.05) is 11.3 Å². The quantitative estimate of drug-likeness (QED) is 0.554. The highest BCUT2D eigenvalue weighted by atomic mass is 32.2. The number of fused-ring (bicyclic) bond motifs is 1. The van der Waals surface area contributed by atoms with Crippen LogP contribution in [0.5, 0.6) is 0 Å². The zero-order valence-electron chi connectivity index (χ0n) is 18.2. The second-order valence-corrected chi connectivity index (χ2v) is 10.6. The number of sulfonamides is 1. The van der Waals surface area contributed by atoms with Gasteiger partial charge >= 0.3 is 4.87 Å². The number of aryl methyl sites for hydroxylation is 1. The van der Waals surface area contributed by atoms with Gasteiger partial charge in [0.25, 0.3) is 5.91 Å². The fraction of sp³-hybridized carbons (Fsp3) is 0.381. The highest BCUT2D eigenvalue weighted by Gasteiger charge is 2.32. The van der Waals surface area contributed by atoms with Crippen LogP contribution < -0.4 is 10.2 Å². The Morgan fingerprint density at radius 2 is 1.91 bits per heavy atom. The van der Waals surface area contributed by atoms with Crippen LogP contribution in [0.3, 0.4) is 0 Å². The Kier molecular flexibility index (Phi) is 6.41. The SMILES string of the molecule is CCn1c(=O)sc2cc(S(=O)(=O)N3CCN(C(=O)[C@@H](C)NC(=O)c4ccco4)CC3)ccc21. The topological polar surface area (TPSA) is 122 Å². The fourth-order valence-corrected chi connectivity index (χ4v) is 6.33. The molecular weight excluding hydrogens is 468 g/mol. The molecule has 1 aliphatic rings. The minimum Gasteiger partial charge on any atom is -0.459 e. The molecule has 0 unspecified atom stereocenters. The molecule has 2 amide bonds. The number of nitrogens with one attached hydrogen (secondary N) is 1. The molecule has 3 aromatic rings. The maximum atomic E-state index is 13.2. The molecule has 0 bridgehead atoms. The largest absolute Gasteiger partial charge is 0.459 e. The van der Waals surface area contributed by atoms with E-state index >= 15 is 0 Å². The lowest BCUT2D eigenvalue weighted by atomic mass is 10.2. The van der Waals surface area contributed by atoms with Crippen LogP contribution >= 0.6 is 11.3 Å². The average molecular weight is 493 g/mol. The van der Waals surface area contributed by atoms with Crippen molar-refractivity contribution in [2.75, 3.05) is 26.2 Å². The molecule has 10 nitrogen and oxygen atoms in total. The van der Waals surface area contributed by atoms with Crippen LogP contribution in [-0.2, 0) is 21.4 Å². The lowest BCUT2D eigenvalue weighted by Gasteiger charge is -2.35. The second-order valence-electron chi connectivity index (χ2n) is 7.64. The highest BCUT2D eigenvalue weighted by Crippen LogP contribution is 2.25. The number of hydrogen-bond donors (Lipinski definition) is 1. The summed E-state index contributed by atoms with van der Waals surface area (Å²) in [5.41, 5.74) is 0.715. The zero-order chi connectivity index (χ0) is 23.8. The van der Waals surface area contributed by atoms with Crippen molar-refractivity contribution in [1.82, 2.24) is 19.1 Å². The molecule has 33 heavy (non-hydrogen) atoms. The molecule has 176 valence electrons. The van der Waals surface area contributed by atoms with Gasteiger partial charge in [0.2, 0.25) is 15.9 Å².